The van der Waals surface area contributed by atoms with Crippen LogP contribution >= 0.6 is 0 Å². The molecule has 0 aliphatic carbocycles. The summed E-state index contributed by atoms with van der Waals surface area (Å²) in [6, 6.07) is 20.0. The molecule has 164 valence electrons. The Morgan fingerprint density at radius 3 is 2.16 bits per heavy atom. The van der Waals surface area contributed by atoms with Crippen LogP contribution in [0, 0.1) is 5.41 Å². The van der Waals surface area contributed by atoms with E-state index in [1.54, 1.807) is 0 Å². The molecule has 2 atom stereocenters. The molecule has 0 aromatic heterocycles. The molecule has 2 aromatic carbocycles. The quantitative estimate of drug-likeness (QED) is 0.482. The number of ether oxygens (including phenoxy) is 3. The molecular formula is C26H30O5. The van der Waals surface area contributed by atoms with Gasteiger partial charge in [0, 0.05) is 0 Å². The van der Waals surface area contributed by atoms with E-state index in [-0.39, 0.29) is 6.10 Å². The van der Waals surface area contributed by atoms with Crippen LogP contribution in [0.15, 0.2) is 66.2 Å². The van der Waals surface area contributed by atoms with Crippen molar-refractivity contribution < 1.29 is 23.8 Å². The highest BCUT2D eigenvalue weighted by atomic mass is 16.6. The van der Waals surface area contributed by atoms with E-state index in [1.807, 2.05) is 61.5 Å². The van der Waals surface area contributed by atoms with Crippen molar-refractivity contribution in [2.75, 3.05) is 14.2 Å². The highest BCUT2D eigenvalue weighted by Crippen LogP contribution is 2.43. The normalized spacial score (nSPS) is 20.7. The van der Waals surface area contributed by atoms with E-state index in [4.69, 9.17) is 14.2 Å². The van der Waals surface area contributed by atoms with Crippen molar-refractivity contribution in [1.82, 2.24) is 0 Å². The van der Waals surface area contributed by atoms with E-state index in [2.05, 4.69) is 12.1 Å². The summed E-state index contributed by atoms with van der Waals surface area (Å²) in [7, 11) is 2.59. The Bertz CT molecular complexity index is 888. The lowest BCUT2D eigenvalue weighted by Gasteiger charge is -2.43. The van der Waals surface area contributed by atoms with Gasteiger partial charge in [-0.05, 0) is 49.3 Å². The topological polar surface area (TPSA) is 61.8 Å². The maximum absolute atomic E-state index is 12.9. The number of hydrogen-bond acceptors (Lipinski definition) is 5. The first-order valence-electron chi connectivity index (χ1n) is 10.6. The second-order valence-electron chi connectivity index (χ2n) is 7.95. The largest absolute Gasteiger partial charge is 0.468 e. The van der Waals surface area contributed by atoms with E-state index in [9.17, 15) is 9.59 Å². The number of esters is 2. The third-order valence-corrected chi connectivity index (χ3v) is 5.94. The van der Waals surface area contributed by atoms with Gasteiger partial charge >= 0.3 is 11.9 Å². The molecule has 5 heteroatoms. The van der Waals surface area contributed by atoms with E-state index >= 15 is 0 Å². The minimum Gasteiger partial charge on any atom is -0.468 e. The van der Waals surface area contributed by atoms with Crippen LogP contribution in [0.3, 0.4) is 0 Å². The van der Waals surface area contributed by atoms with Crippen LogP contribution in [0.2, 0.25) is 0 Å². The lowest BCUT2D eigenvalue weighted by Crippen LogP contribution is -2.56. The molecule has 0 N–H and O–H groups in total. The summed E-state index contributed by atoms with van der Waals surface area (Å²) in [4.78, 5) is 25.8. The highest BCUT2D eigenvalue weighted by molar-refractivity contribution is 6.01. The molecule has 1 saturated heterocycles. The van der Waals surface area contributed by atoms with Crippen LogP contribution in [0.5, 0.6) is 0 Å². The fourth-order valence-corrected chi connectivity index (χ4v) is 4.33. The first kappa shape index (κ1) is 22.8. The third-order valence-electron chi connectivity index (χ3n) is 5.94. The molecule has 0 saturated carbocycles. The van der Waals surface area contributed by atoms with Crippen LogP contribution in [-0.2, 0) is 30.2 Å². The van der Waals surface area contributed by atoms with Gasteiger partial charge in [0.05, 0.1) is 20.3 Å². The summed E-state index contributed by atoms with van der Waals surface area (Å²) in [6.07, 6.45) is 3.67. The maximum atomic E-state index is 12.9. The average Bonchev–Trinajstić information content (AvgIpc) is 2.82. The van der Waals surface area contributed by atoms with E-state index in [0.717, 1.165) is 24.0 Å². The minimum absolute atomic E-state index is 0.0771. The number of aryl methyl sites for hydroxylation is 1. The Kier molecular flexibility index (Phi) is 7.64. The SMILES string of the molecule is COC(=O)C1(C(=O)OC)CC[C@@H](CCc2ccccc2)O[C@H]1/C(C)=C/c1ccccc1. The zero-order chi connectivity index (χ0) is 22.3. The molecule has 1 aliphatic heterocycles. The molecule has 1 fully saturated rings. The van der Waals surface area contributed by atoms with Gasteiger partial charge in [0.15, 0.2) is 5.41 Å². The second-order valence-corrected chi connectivity index (χ2v) is 7.95. The van der Waals surface area contributed by atoms with Crippen LogP contribution in [-0.4, -0.2) is 38.4 Å². The standard InChI is InChI=1S/C26H30O5/c1-19(18-21-12-8-5-9-13-21)23-26(24(27)29-2,25(28)30-3)17-16-22(31-23)15-14-20-10-6-4-7-11-20/h4-13,18,22-23H,14-17H2,1-3H3/b19-18+/t22-,23+/m1/s1. The number of carbonyl (C=O) groups excluding carboxylic acids is 2. The summed E-state index contributed by atoms with van der Waals surface area (Å²) in [5.41, 5.74) is 1.48. The molecule has 0 bridgehead atoms. The molecule has 0 radical (unpaired) electrons. The van der Waals surface area contributed by atoms with Crippen molar-refractivity contribution in [1.29, 1.82) is 0 Å². The summed E-state index contributed by atoms with van der Waals surface area (Å²) in [5.74, 6) is -1.24. The predicted octanol–water partition coefficient (Wildman–Crippen LogP) is 4.60. The molecule has 3 rings (SSSR count). The summed E-state index contributed by atoms with van der Waals surface area (Å²) in [5, 5.41) is 0. The fourth-order valence-electron chi connectivity index (χ4n) is 4.33. The van der Waals surface area contributed by atoms with Crippen LogP contribution in [0.4, 0.5) is 0 Å². The first-order valence-corrected chi connectivity index (χ1v) is 10.6. The van der Waals surface area contributed by atoms with Gasteiger partial charge in [0.2, 0.25) is 0 Å². The Labute approximate surface area is 184 Å². The van der Waals surface area contributed by atoms with Gasteiger partial charge < -0.3 is 14.2 Å². The molecule has 0 spiro atoms. The number of carbonyl (C=O) groups is 2. The summed E-state index contributed by atoms with van der Waals surface area (Å²) in [6.45, 7) is 1.89. The second kappa shape index (κ2) is 10.4. The van der Waals surface area contributed by atoms with Crippen molar-refractivity contribution in [2.24, 2.45) is 5.41 Å². The van der Waals surface area contributed by atoms with Gasteiger partial charge in [-0.3, -0.25) is 9.59 Å². The van der Waals surface area contributed by atoms with Crippen LogP contribution in [0.25, 0.3) is 6.08 Å². The van der Waals surface area contributed by atoms with Gasteiger partial charge in [-0.15, -0.1) is 0 Å². The number of methoxy groups -OCH3 is 2. The Balaban J connectivity index is 1.91. The van der Waals surface area contributed by atoms with Crippen LogP contribution in [0.1, 0.15) is 37.3 Å². The third kappa shape index (κ3) is 5.05. The molecule has 1 heterocycles. The number of rotatable bonds is 7. The Morgan fingerprint density at radius 1 is 1.00 bits per heavy atom. The Hall–Kier alpha value is -2.92. The first-order chi connectivity index (χ1) is 15.0. The molecule has 2 aromatic rings. The van der Waals surface area contributed by atoms with Crippen molar-refractivity contribution in [3.05, 3.63) is 77.4 Å². The van der Waals surface area contributed by atoms with E-state index in [0.29, 0.717) is 12.8 Å². The summed E-state index contributed by atoms with van der Waals surface area (Å²) < 4.78 is 16.6. The predicted molar refractivity (Wildman–Crippen MR) is 119 cm³/mol. The van der Waals surface area contributed by atoms with Crippen molar-refractivity contribution >= 4 is 18.0 Å². The lowest BCUT2D eigenvalue weighted by atomic mass is 9.72. The van der Waals surface area contributed by atoms with Gasteiger partial charge in [-0.25, -0.2) is 0 Å². The smallest absolute Gasteiger partial charge is 0.326 e. The van der Waals surface area contributed by atoms with Gasteiger partial charge in [0.25, 0.3) is 0 Å². The average molecular weight is 423 g/mol. The Morgan fingerprint density at radius 2 is 1.58 bits per heavy atom. The van der Waals surface area contributed by atoms with E-state index in [1.165, 1.54) is 19.8 Å². The van der Waals surface area contributed by atoms with Gasteiger partial charge in [-0.2, -0.15) is 0 Å². The van der Waals surface area contributed by atoms with Gasteiger partial charge in [-0.1, -0.05) is 66.7 Å². The van der Waals surface area contributed by atoms with Crippen molar-refractivity contribution in [3.63, 3.8) is 0 Å². The van der Waals surface area contributed by atoms with Crippen molar-refractivity contribution in [2.45, 2.75) is 44.8 Å². The minimum atomic E-state index is -1.51. The number of hydrogen-bond donors (Lipinski definition) is 0. The zero-order valence-corrected chi connectivity index (χ0v) is 18.4. The molecule has 1 aliphatic rings. The molecule has 5 nitrogen and oxygen atoms in total. The van der Waals surface area contributed by atoms with Crippen LogP contribution < -0.4 is 0 Å². The van der Waals surface area contributed by atoms with Gasteiger partial charge in [0.1, 0.15) is 6.10 Å². The molecule has 0 amide bonds. The molecule has 31 heavy (non-hydrogen) atoms. The summed E-state index contributed by atoms with van der Waals surface area (Å²) >= 11 is 0. The lowest BCUT2D eigenvalue weighted by molar-refractivity contribution is -0.192. The molecule has 0 unspecified atom stereocenters. The van der Waals surface area contributed by atoms with E-state index < -0.39 is 23.5 Å². The monoisotopic (exact) mass is 422 g/mol. The highest BCUT2D eigenvalue weighted by Gasteiger charge is 2.58. The van der Waals surface area contributed by atoms with Crippen molar-refractivity contribution in [3.8, 4) is 0 Å². The maximum Gasteiger partial charge on any atom is 0.326 e. The number of benzene rings is 2. The fraction of sp³-hybridized carbons (Fsp3) is 0.385. The molecular weight excluding hydrogens is 392 g/mol. The zero-order valence-electron chi connectivity index (χ0n) is 18.4.